The Labute approximate surface area is 122 Å². The first-order chi connectivity index (χ1) is 9.79. The van der Waals surface area contributed by atoms with Crippen LogP contribution in [0.15, 0.2) is 18.2 Å². The van der Waals surface area contributed by atoms with Gasteiger partial charge in [0.05, 0.1) is 6.10 Å². The third-order valence-corrected chi connectivity index (χ3v) is 4.96. The molecule has 1 saturated heterocycles. The lowest BCUT2D eigenvalue weighted by atomic mass is 9.87. The Morgan fingerprint density at radius 3 is 2.90 bits per heavy atom. The van der Waals surface area contributed by atoms with E-state index >= 15 is 0 Å². The number of aryl methyl sites for hydroxylation is 2. The van der Waals surface area contributed by atoms with Crippen LogP contribution in [0.2, 0.25) is 0 Å². The van der Waals surface area contributed by atoms with Gasteiger partial charge in [0.15, 0.2) is 0 Å². The minimum Gasteiger partial charge on any atom is -0.378 e. The molecule has 1 N–H and O–H groups in total. The highest BCUT2D eigenvalue weighted by molar-refractivity contribution is 5.37. The summed E-state index contributed by atoms with van der Waals surface area (Å²) in [6.45, 7) is 6.47. The number of benzene rings is 1. The Balaban J connectivity index is 1.84. The van der Waals surface area contributed by atoms with Crippen LogP contribution in [0.3, 0.4) is 0 Å². The van der Waals surface area contributed by atoms with Gasteiger partial charge in [0.1, 0.15) is 0 Å². The molecule has 1 aromatic carbocycles. The first-order valence-electron chi connectivity index (χ1n) is 8.26. The zero-order valence-electron chi connectivity index (χ0n) is 12.8. The zero-order valence-corrected chi connectivity index (χ0v) is 12.8. The molecule has 0 saturated carbocycles. The minimum atomic E-state index is 0.373. The highest BCUT2D eigenvalue weighted by atomic mass is 16.5. The van der Waals surface area contributed by atoms with Gasteiger partial charge in [0, 0.05) is 18.6 Å². The van der Waals surface area contributed by atoms with Crippen LogP contribution in [-0.2, 0) is 17.6 Å². The van der Waals surface area contributed by atoms with Crippen LogP contribution in [-0.4, -0.2) is 19.3 Å². The summed E-state index contributed by atoms with van der Waals surface area (Å²) in [4.78, 5) is 0. The van der Waals surface area contributed by atoms with Gasteiger partial charge in [-0.2, -0.15) is 0 Å². The van der Waals surface area contributed by atoms with E-state index in [0.717, 1.165) is 13.2 Å². The van der Waals surface area contributed by atoms with Crippen molar-refractivity contribution in [3.05, 3.63) is 34.9 Å². The Hall–Kier alpha value is -0.860. The molecule has 0 bridgehead atoms. The number of fused-ring (bicyclic) bond motifs is 1. The summed E-state index contributed by atoms with van der Waals surface area (Å²) in [5.41, 5.74) is 4.62. The highest BCUT2D eigenvalue weighted by Crippen LogP contribution is 2.35. The molecule has 1 aromatic rings. The van der Waals surface area contributed by atoms with Gasteiger partial charge in [-0.15, -0.1) is 0 Å². The van der Waals surface area contributed by atoms with Gasteiger partial charge in [0.2, 0.25) is 0 Å². The van der Waals surface area contributed by atoms with Crippen LogP contribution >= 0.6 is 0 Å². The van der Waals surface area contributed by atoms with Crippen molar-refractivity contribution in [3.8, 4) is 0 Å². The Kier molecular flexibility index (Phi) is 4.42. The van der Waals surface area contributed by atoms with Crippen LogP contribution in [0.4, 0.5) is 0 Å². The van der Waals surface area contributed by atoms with Crippen LogP contribution in [0.1, 0.15) is 55.8 Å². The van der Waals surface area contributed by atoms with Crippen LogP contribution in [0, 0.1) is 5.92 Å². The molecule has 1 heterocycles. The summed E-state index contributed by atoms with van der Waals surface area (Å²) >= 11 is 0. The van der Waals surface area contributed by atoms with Gasteiger partial charge >= 0.3 is 0 Å². The lowest BCUT2D eigenvalue weighted by Gasteiger charge is -2.28. The van der Waals surface area contributed by atoms with E-state index in [4.69, 9.17) is 4.74 Å². The molecule has 0 aromatic heterocycles. The number of rotatable bonds is 5. The van der Waals surface area contributed by atoms with Gasteiger partial charge in [-0.25, -0.2) is 0 Å². The molecular formula is C18H27NO. The third kappa shape index (κ3) is 2.77. The van der Waals surface area contributed by atoms with Gasteiger partial charge in [0.25, 0.3) is 0 Å². The zero-order chi connectivity index (χ0) is 13.9. The van der Waals surface area contributed by atoms with Gasteiger partial charge in [-0.3, -0.25) is 0 Å². The van der Waals surface area contributed by atoms with E-state index in [0.29, 0.717) is 18.1 Å². The molecule has 2 aliphatic rings. The molecule has 20 heavy (non-hydrogen) atoms. The lowest BCUT2D eigenvalue weighted by Crippen LogP contribution is -2.32. The summed E-state index contributed by atoms with van der Waals surface area (Å²) in [6, 6.07) is 7.63. The largest absolute Gasteiger partial charge is 0.378 e. The van der Waals surface area contributed by atoms with Crippen molar-refractivity contribution in [1.29, 1.82) is 0 Å². The molecule has 0 spiro atoms. The van der Waals surface area contributed by atoms with E-state index < -0.39 is 0 Å². The predicted octanol–water partition coefficient (Wildman–Crippen LogP) is 3.64. The topological polar surface area (TPSA) is 21.3 Å². The average molecular weight is 273 g/mol. The first-order valence-corrected chi connectivity index (χ1v) is 8.26. The van der Waals surface area contributed by atoms with E-state index in [9.17, 15) is 0 Å². The fourth-order valence-corrected chi connectivity index (χ4v) is 3.79. The minimum absolute atomic E-state index is 0.373. The Morgan fingerprint density at radius 2 is 2.15 bits per heavy atom. The third-order valence-electron chi connectivity index (χ3n) is 4.96. The Morgan fingerprint density at radius 1 is 1.30 bits per heavy atom. The molecule has 3 unspecified atom stereocenters. The van der Waals surface area contributed by atoms with Crippen LogP contribution in [0.25, 0.3) is 0 Å². The van der Waals surface area contributed by atoms with Gasteiger partial charge in [-0.1, -0.05) is 25.1 Å². The predicted molar refractivity (Wildman–Crippen MR) is 83.0 cm³/mol. The van der Waals surface area contributed by atoms with Crippen molar-refractivity contribution in [1.82, 2.24) is 5.32 Å². The molecule has 1 aliphatic carbocycles. The molecule has 2 nitrogen and oxygen atoms in total. The maximum Gasteiger partial charge on any atom is 0.0594 e. The molecule has 0 amide bonds. The van der Waals surface area contributed by atoms with E-state index in [1.165, 1.54) is 37.7 Å². The number of nitrogens with one attached hydrogen (secondary N) is 1. The van der Waals surface area contributed by atoms with E-state index in [-0.39, 0.29) is 0 Å². The summed E-state index contributed by atoms with van der Waals surface area (Å²) in [5, 5.41) is 3.77. The molecule has 3 rings (SSSR count). The van der Waals surface area contributed by atoms with Gasteiger partial charge < -0.3 is 10.1 Å². The molecular weight excluding hydrogens is 246 g/mol. The van der Waals surface area contributed by atoms with Crippen molar-refractivity contribution in [3.63, 3.8) is 0 Å². The number of ether oxygens (including phenoxy) is 1. The maximum atomic E-state index is 5.80. The van der Waals surface area contributed by atoms with Gasteiger partial charge in [-0.05, 0) is 62.3 Å². The second kappa shape index (κ2) is 6.28. The second-order valence-corrected chi connectivity index (χ2v) is 6.34. The van der Waals surface area contributed by atoms with Crippen LogP contribution < -0.4 is 5.32 Å². The van der Waals surface area contributed by atoms with E-state index in [1.54, 1.807) is 11.1 Å². The normalized spacial score (nSPS) is 26.7. The average Bonchev–Trinajstić information content (AvgIpc) is 3.08. The summed E-state index contributed by atoms with van der Waals surface area (Å²) in [6.07, 6.45) is 6.60. The van der Waals surface area contributed by atoms with Crippen molar-refractivity contribution in [2.75, 3.05) is 13.2 Å². The van der Waals surface area contributed by atoms with Crippen molar-refractivity contribution >= 4 is 0 Å². The van der Waals surface area contributed by atoms with E-state index in [1.807, 2.05) is 0 Å². The molecule has 1 aliphatic heterocycles. The molecule has 1 fully saturated rings. The van der Waals surface area contributed by atoms with Crippen molar-refractivity contribution < 1.29 is 4.74 Å². The molecule has 110 valence electrons. The number of hydrogen-bond acceptors (Lipinski definition) is 2. The molecule has 3 atom stereocenters. The first kappa shape index (κ1) is 14.1. The molecule has 0 radical (unpaired) electrons. The highest BCUT2D eigenvalue weighted by Gasteiger charge is 2.32. The standard InChI is InChI=1S/C18H27NO/c1-3-10-19-18(17-9-11-20-13(17)2)16-8-7-14-5-4-6-15(14)12-16/h7-8,12-13,17-19H,3-6,9-11H2,1-2H3. The van der Waals surface area contributed by atoms with Crippen molar-refractivity contribution in [2.45, 2.75) is 58.1 Å². The fraction of sp³-hybridized carbons (Fsp3) is 0.667. The number of hydrogen-bond donors (Lipinski definition) is 1. The fourth-order valence-electron chi connectivity index (χ4n) is 3.79. The van der Waals surface area contributed by atoms with E-state index in [2.05, 4.69) is 37.4 Å². The quantitative estimate of drug-likeness (QED) is 0.884. The monoisotopic (exact) mass is 273 g/mol. The summed E-state index contributed by atoms with van der Waals surface area (Å²) in [5.74, 6) is 0.612. The lowest BCUT2D eigenvalue weighted by molar-refractivity contribution is 0.0953. The molecule has 2 heteroatoms. The Bertz CT molecular complexity index is 457. The smallest absolute Gasteiger partial charge is 0.0594 e. The van der Waals surface area contributed by atoms with Crippen molar-refractivity contribution in [2.24, 2.45) is 5.92 Å². The second-order valence-electron chi connectivity index (χ2n) is 6.34. The maximum absolute atomic E-state index is 5.80. The SMILES string of the molecule is CCCNC(c1ccc2c(c1)CCC2)C1CCOC1C. The summed E-state index contributed by atoms with van der Waals surface area (Å²) in [7, 11) is 0. The summed E-state index contributed by atoms with van der Waals surface area (Å²) < 4.78 is 5.80. The van der Waals surface area contributed by atoms with Crippen LogP contribution in [0.5, 0.6) is 0 Å².